The van der Waals surface area contributed by atoms with E-state index in [1.165, 1.54) is 12.8 Å². The topological polar surface area (TPSA) is 9.23 Å². The zero-order chi connectivity index (χ0) is 20.3. The molecular weight excluding hydrogens is 399 g/mol. The van der Waals surface area contributed by atoms with Gasteiger partial charge >= 0.3 is 6.36 Å². The third kappa shape index (κ3) is 5.40. The van der Waals surface area contributed by atoms with E-state index >= 15 is 0 Å². The molecule has 0 saturated heterocycles. The van der Waals surface area contributed by atoms with Crippen LogP contribution in [0.3, 0.4) is 0 Å². The fourth-order valence-electron chi connectivity index (χ4n) is 4.86. The van der Waals surface area contributed by atoms with Crippen molar-refractivity contribution >= 4 is 11.6 Å². The zero-order valence-electron chi connectivity index (χ0n) is 15.5. The van der Waals surface area contributed by atoms with Gasteiger partial charge < -0.3 is 4.74 Å². The minimum atomic E-state index is -5.13. The van der Waals surface area contributed by atoms with Crippen LogP contribution in [0.25, 0.3) is 0 Å². The van der Waals surface area contributed by atoms with E-state index in [4.69, 9.17) is 11.6 Å². The molecule has 0 heterocycles. The highest BCUT2D eigenvalue weighted by molar-refractivity contribution is 6.25. The Morgan fingerprint density at radius 2 is 1.36 bits per heavy atom. The van der Waals surface area contributed by atoms with Gasteiger partial charge in [0.15, 0.2) is 11.6 Å². The highest BCUT2D eigenvalue weighted by Crippen LogP contribution is 2.45. The van der Waals surface area contributed by atoms with E-state index in [0.717, 1.165) is 50.7 Å². The fraction of sp³-hybridized carbons (Fsp3) is 0.619. The van der Waals surface area contributed by atoms with Crippen molar-refractivity contribution in [1.29, 1.82) is 0 Å². The molecule has 0 spiro atoms. The quantitative estimate of drug-likeness (QED) is 0.452. The second-order valence-electron chi connectivity index (χ2n) is 7.97. The van der Waals surface area contributed by atoms with Gasteiger partial charge in [-0.05, 0) is 92.7 Å². The third-order valence-corrected chi connectivity index (χ3v) is 6.46. The minimum absolute atomic E-state index is 0.0318. The number of benzene rings is 1. The maximum atomic E-state index is 14.0. The lowest BCUT2D eigenvalue weighted by atomic mass is 9.68. The van der Waals surface area contributed by atoms with Crippen LogP contribution in [0.15, 0.2) is 23.7 Å². The Bertz CT molecular complexity index is 664. The molecule has 2 aliphatic rings. The van der Waals surface area contributed by atoms with Crippen molar-refractivity contribution in [2.75, 3.05) is 0 Å². The normalized spacial score (nSPS) is 29.2. The van der Waals surface area contributed by atoms with Gasteiger partial charge in [-0.15, -0.1) is 13.2 Å². The van der Waals surface area contributed by atoms with E-state index < -0.39 is 23.7 Å². The second kappa shape index (κ2) is 9.02. The number of hydrogen-bond donors (Lipinski definition) is 0. The molecule has 2 saturated carbocycles. The first kappa shape index (κ1) is 21.4. The number of ether oxygens (including phenoxy) is 1. The van der Waals surface area contributed by atoms with Gasteiger partial charge in [-0.1, -0.05) is 17.7 Å². The monoisotopic (exact) mass is 422 g/mol. The van der Waals surface area contributed by atoms with Crippen LogP contribution in [0.2, 0.25) is 0 Å². The summed E-state index contributed by atoms with van der Waals surface area (Å²) in [7, 11) is 0. The van der Waals surface area contributed by atoms with Crippen molar-refractivity contribution in [3.05, 3.63) is 40.9 Å². The molecule has 2 aliphatic carbocycles. The Labute approximate surface area is 166 Å². The van der Waals surface area contributed by atoms with Crippen molar-refractivity contribution in [3.63, 3.8) is 0 Å². The molecule has 0 N–H and O–H groups in total. The van der Waals surface area contributed by atoms with Gasteiger partial charge in [0.1, 0.15) is 0 Å². The largest absolute Gasteiger partial charge is 0.573 e. The number of rotatable bonds is 4. The average molecular weight is 423 g/mol. The summed E-state index contributed by atoms with van der Waals surface area (Å²) in [6, 6.07) is 1.97. The lowest BCUT2D eigenvalue weighted by Gasteiger charge is -2.37. The van der Waals surface area contributed by atoms with Gasteiger partial charge in [-0.3, -0.25) is 0 Å². The molecule has 3 rings (SSSR count). The minimum Gasteiger partial charge on any atom is -0.399 e. The van der Waals surface area contributed by atoms with Crippen LogP contribution in [-0.4, -0.2) is 6.36 Å². The molecule has 0 atom stereocenters. The van der Waals surface area contributed by atoms with Crippen LogP contribution in [0, 0.1) is 29.4 Å². The predicted octanol–water partition coefficient (Wildman–Crippen LogP) is 7.70. The molecule has 0 bridgehead atoms. The maximum absolute atomic E-state index is 14.0. The van der Waals surface area contributed by atoms with Crippen molar-refractivity contribution in [1.82, 2.24) is 0 Å². The summed E-state index contributed by atoms with van der Waals surface area (Å²) in [6.45, 7) is 0. The van der Waals surface area contributed by atoms with Crippen LogP contribution in [-0.2, 0) is 0 Å². The van der Waals surface area contributed by atoms with Crippen LogP contribution < -0.4 is 4.74 Å². The highest BCUT2D eigenvalue weighted by atomic mass is 35.5. The molecule has 0 aromatic heterocycles. The van der Waals surface area contributed by atoms with E-state index in [1.54, 1.807) is 5.54 Å². The van der Waals surface area contributed by atoms with Crippen LogP contribution in [0.5, 0.6) is 5.75 Å². The summed E-state index contributed by atoms with van der Waals surface area (Å²) in [5.41, 5.74) is 2.01. The van der Waals surface area contributed by atoms with E-state index in [9.17, 15) is 22.0 Å². The molecule has 156 valence electrons. The van der Waals surface area contributed by atoms with Gasteiger partial charge in [0.05, 0.1) is 0 Å². The molecular formula is C21H24ClF5O. The van der Waals surface area contributed by atoms with Gasteiger partial charge in [0, 0.05) is 5.54 Å². The van der Waals surface area contributed by atoms with Gasteiger partial charge in [-0.2, -0.15) is 0 Å². The third-order valence-electron chi connectivity index (χ3n) is 6.31. The average Bonchev–Trinajstić information content (AvgIpc) is 2.65. The van der Waals surface area contributed by atoms with Gasteiger partial charge in [-0.25, -0.2) is 8.78 Å². The number of halogens is 6. The van der Waals surface area contributed by atoms with E-state index in [2.05, 4.69) is 10.8 Å². The number of allylic oxidation sites excluding steroid dienone is 1. The van der Waals surface area contributed by atoms with Crippen molar-refractivity contribution in [2.24, 2.45) is 17.8 Å². The summed E-state index contributed by atoms with van der Waals surface area (Å²) in [5.74, 6) is -2.17. The molecule has 1 aromatic carbocycles. The Morgan fingerprint density at radius 3 is 1.82 bits per heavy atom. The second-order valence-corrected chi connectivity index (χ2v) is 8.22. The first-order chi connectivity index (χ1) is 13.3. The maximum Gasteiger partial charge on any atom is 0.573 e. The number of hydrogen-bond acceptors (Lipinski definition) is 1. The van der Waals surface area contributed by atoms with Crippen LogP contribution in [0.4, 0.5) is 22.0 Å². The summed E-state index contributed by atoms with van der Waals surface area (Å²) < 4.78 is 68.3. The summed E-state index contributed by atoms with van der Waals surface area (Å²) in [4.78, 5) is 0. The van der Waals surface area contributed by atoms with Crippen molar-refractivity contribution in [3.8, 4) is 5.75 Å². The fourth-order valence-corrected chi connectivity index (χ4v) is 5.07. The number of alkyl halides is 3. The molecule has 0 unspecified atom stereocenters. The standard InChI is InChI=1S/C21H24ClF5O/c22-10-9-13-1-3-14(4-2-13)15-5-7-16(8-6-15)17-11-18(23)20(19(24)12-17)28-21(25,26)27/h9-16H,1-8H2/b10-9+/t13-,14-,15?,16?. The van der Waals surface area contributed by atoms with Gasteiger partial charge in [0.25, 0.3) is 0 Å². The van der Waals surface area contributed by atoms with Gasteiger partial charge in [0.2, 0.25) is 5.75 Å². The van der Waals surface area contributed by atoms with Crippen molar-refractivity contribution < 1.29 is 26.7 Å². The van der Waals surface area contributed by atoms with Crippen molar-refractivity contribution in [2.45, 2.75) is 63.6 Å². The van der Waals surface area contributed by atoms with Crippen LogP contribution in [0.1, 0.15) is 62.8 Å². The molecule has 28 heavy (non-hydrogen) atoms. The zero-order valence-corrected chi connectivity index (χ0v) is 16.2. The molecule has 1 nitrogen and oxygen atoms in total. The lowest BCUT2D eigenvalue weighted by Crippen LogP contribution is -2.25. The Hall–Kier alpha value is -1.30. The highest BCUT2D eigenvalue weighted by Gasteiger charge is 2.35. The van der Waals surface area contributed by atoms with E-state index in [-0.39, 0.29) is 5.92 Å². The summed E-state index contributed by atoms with van der Waals surface area (Å²) in [6.07, 6.45) is 5.13. The molecule has 0 aliphatic heterocycles. The summed E-state index contributed by atoms with van der Waals surface area (Å²) in [5, 5.41) is 0. The van der Waals surface area contributed by atoms with E-state index in [0.29, 0.717) is 23.3 Å². The Morgan fingerprint density at radius 1 is 0.857 bits per heavy atom. The molecule has 1 aromatic rings. The first-order valence-corrected chi connectivity index (χ1v) is 10.2. The first-order valence-electron chi connectivity index (χ1n) is 9.78. The Balaban J connectivity index is 1.58. The Kier molecular flexibility index (Phi) is 6.89. The van der Waals surface area contributed by atoms with E-state index in [1.807, 2.05) is 0 Å². The smallest absolute Gasteiger partial charge is 0.399 e. The summed E-state index contributed by atoms with van der Waals surface area (Å²) >= 11 is 5.66. The van der Waals surface area contributed by atoms with Crippen LogP contribution >= 0.6 is 11.6 Å². The molecule has 0 amide bonds. The predicted molar refractivity (Wildman–Crippen MR) is 98.2 cm³/mol. The molecule has 7 heteroatoms. The SMILES string of the molecule is Fc1cc(C2CCC([C@H]3CC[C@H](/C=C/Cl)CC3)CC2)cc(F)c1OC(F)(F)F. The lowest BCUT2D eigenvalue weighted by molar-refractivity contribution is -0.276. The molecule has 2 fully saturated rings. The molecule has 0 radical (unpaired) electrons.